The topological polar surface area (TPSA) is 38.0 Å². The van der Waals surface area contributed by atoms with Crippen molar-refractivity contribution in [3.8, 4) is 5.69 Å². The van der Waals surface area contributed by atoms with Crippen molar-refractivity contribution in [3.63, 3.8) is 0 Å². The van der Waals surface area contributed by atoms with Crippen molar-refractivity contribution >= 4 is 22.6 Å². The third-order valence-electron chi connectivity index (χ3n) is 3.62. The van der Waals surface area contributed by atoms with E-state index in [1.165, 1.54) is 11.1 Å². The predicted octanol–water partition coefficient (Wildman–Crippen LogP) is 3.79. The summed E-state index contributed by atoms with van der Waals surface area (Å²) < 4.78 is 1.98. The zero-order valence-corrected chi connectivity index (χ0v) is 12.1. The quantitative estimate of drug-likeness (QED) is 0.778. The molecule has 0 saturated carbocycles. The minimum Gasteiger partial charge on any atom is -0.392 e. The molecule has 0 saturated heterocycles. The molecule has 0 bridgehead atoms. The Labute approximate surface area is 122 Å². The number of aliphatic hydroxyl groups is 1. The van der Waals surface area contributed by atoms with Gasteiger partial charge < -0.3 is 5.11 Å². The van der Waals surface area contributed by atoms with Gasteiger partial charge in [-0.15, -0.1) is 0 Å². The average molecular weight is 287 g/mol. The molecule has 0 radical (unpaired) electrons. The molecule has 0 aliphatic carbocycles. The Kier molecular flexibility index (Phi) is 3.24. The van der Waals surface area contributed by atoms with Crippen LogP contribution in [0.5, 0.6) is 0 Å². The number of aromatic nitrogens is 2. The smallest absolute Gasteiger partial charge is 0.100 e. The zero-order chi connectivity index (χ0) is 14.3. The van der Waals surface area contributed by atoms with Gasteiger partial charge in [-0.25, -0.2) is 4.98 Å². The molecule has 0 amide bonds. The van der Waals surface area contributed by atoms with Gasteiger partial charge in [-0.2, -0.15) is 0 Å². The zero-order valence-electron chi connectivity index (χ0n) is 11.4. The Morgan fingerprint density at radius 1 is 1.15 bits per heavy atom. The van der Waals surface area contributed by atoms with E-state index < -0.39 is 0 Å². The summed E-state index contributed by atoms with van der Waals surface area (Å²) in [7, 11) is 0. The third kappa shape index (κ3) is 2.09. The Morgan fingerprint density at radius 2 is 1.90 bits per heavy atom. The molecule has 0 aliphatic rings. The number of nitrogens with zero attached hydrogens (tertiary/aromatic N) is 2. The van der Waals surface area contributed by atoms with Crippen LogP contribution < -0.4 is 0 Å². The fraction of sp³-hybridized carbons (Fsp3) is 0.188. The monoisotopic (exact) mass is 286 g/mol. The summed E-state index contributed by atoms with van der Waals surface area (Å²) in [6.07, 6.45) is 1.78. The molecule has 0 aliphatic heterocycles. The molecular formula is C16H15ClN2O. The fourth-order valence-electron chi connectivity index (χ4n) is 2.30. The van der Waals surface area contributed by atoms with E-state index in [0.717, 1.165) is 22.3 Å². The van der Waals surface area contributed by atoms with E-state index in [0.29, 0.717) is 5.02 Å². The lowest BCUT2D eigenvalue weighted by atomic mass is 10.1. The lowest BCUT2D eigenvalue weighted by Gasteiger charge is -2.09. The van der Waals surface area contributed by atoms with E-state index in [-0.39, 0.29) is 6.61 Å². The van der Waals surface area contributed by atoms with E-state index in [4.69, 9.17) is 16.7 Å². The van der Waals surface area contributed by atoms with Gasteiger partial charge in [0.25, 0.3) is 0 Å². The molecule has 2 aromatic carbocycles. The number of rotatable bonds is 2. The second kappa shape index (κ2) is 4.93. The second-order valence-corrected chi connectivity index (χ2v) is 5.39. The SMILES string of the molecule is Cc1cc2ncn(-c3ccc(CO)cc3Cl)c2cc1C. The molecule has 1 heterocycles. The molecule has 1 aromatic heterocycles. The highest BCUT2D eigenvalue weighted by Crippen LogP contribution is 2.27. The van der Waals surface area contributed by atoms with Gasteiger partial charge in [0.2, 0.25) is 0 Å². The van der Waals surface area contributed by atoms with Crippen LogP contribution in [-0.2, 0) is 6.61 Å². The van der Waals surface area contributed by atoms with Gasteiger partial charge in [0.15, 0.2) is 0 Å². The van der Waals surface area contributed by atoms with Crippen LogP contribution in [0.4, 0.5) is 0 Å². The van der Waals surface area contributed by atoms with Crippen LogP contribution in [0.2, 0.25) is 5.02 Å². The van der Waals surface area contributed by atoms with Crippen LogP contribution in [0.15, 0.2) is 36.7 Å². The number of halogens is 1. The molecule has 3 nitrogen and oxygen atoms in total. The summed E-state index contributed by atoms with van der Waals surface area (Å²) >= 11 is 6.31. The normalized spacial score (nSPS) is 11.2. The number of hydrogen-bond acceptors (Lipinski definition) is 2. The predicted molar refractivity (Wildman–Crippen MR) is 81.5 cm³/mol. The second-order valence-electron chi connectivity index (χ2n) is 4.98. The number of hydrogen-bond donors (Lipinski definition) is 1. The number of benzene rings is 2. The van der Waals surface area contributed by atoms with Crippen LogP contribution in [0.3, 0.4) is 0 Å². The molecule has 4 heteroatoms. The van der Waals surface area contributed by atoms with Gasteiger partial charge in [0, 0.05) is 0 Å². The Bertz CT molecular complexity index is 793. The highest BCUT2D eigenvalue weighted by molar-refractivity contribution is 6.32. The van der Waals surface area contributed by atoms with Crippen LogP contribution in [-0.4, -0.2) is 14.7 Å². The number of imidazole rings is 1. The minimum absolute atomic E-state index is 0.0109. The van der Waals surface area contributed by atoms with E-state index >= 15 is 0 Å². The molecule has 0 atom stereocenters. The lowest BCUT2D eigenvalue weighted by Crippen LogP contribution is -1.95. The van der Waals surface area contributed by atoms with Crippen molar-refractivity contribution in [2.45, 2.75) is 20.5 Å². The van der Waals surface area contributed by atoms with Gasteiger partial charge in [0.05, 0.1) is 28.4 Å². The number of aryl methyl sites for hydroxylation is 2. The highest BCUT2D eigenvalue weighted by Gasteiger charge is 2.09. The molecule has 1 N–H and O–H groups in total. The standard InChI is InChI=1S/C16H15ClN2O/c1-10-5-14-16(6-11(10)2)19(9-18-14)15-4-3-12(8-20)7-13(15)17/h3-7,9,20H,8H2,1-2H3. The largest absolute Gasteiger partial charge is 0.392 e. The van der Waals surface area contributed by atoms with Crippen molar-refractivity contribution in [3.05, 3.63) is 58.4 Å². The molecule has 0 spiro atoms. The van der Waals surface area contributed by atoms with Crippen LogP contribution in [0.1, 0.15) is 16.7 Å². The van der Waals surface area contributed by atoms with Gasteiger partial charge >= 0.3 is 0 Å². The summed E-state index contributed by atoms with van der Waals surface area (Å²) in [5.41, 5.74) is 6.11. The maximum absolute atomic E-state index is 9.14. The Morgan fingerprint density at radius 3 is 2.60 bits per heavy atom. The number of aliphatic hydroxyl groups excluding tert-OH is 1. The third-order valence-corrected chi connectivity index (χ3v) is 3.92. The van der Waals surface area contributed by atoms with Crippen LogP contribution in [0.25, 0.3) is 16.7 Å². The molecule has 0 unspecified atom stereocenters. The van der Waals surface area contributed by atoms with Crippen LogP contribution in [0, 0.1) is 13.8 Å². The summed E-state index contributed by atoms with van der Waals surface area (Å²) in [6, 6.07) is 9.76. The maximum Gasteiger partial charge on any atom is 0.100 e. The minimum atomic E-state index is -0.0109. The van der Waals surface area contributed by atoms with Gasteiger partial charge in [-0.1, -0.05) is 17.7 Å². The van der Waals surface area contributed by atoms with Crippen LogP contribution >= 0.6 is 11.6 Å². The molecule has 20 heavy (non-hydrogen) atoms. The summed E-state index contributed by atoms with van der Waals surface area (Å²) in [5.74, 6) is 0. The van der Waals surface area contributed by atoms with Crippen molar-refractivity contribution in [1.29, 1.82) is 0 Å². The summed E-state index contributed by atoms with van der Waals surface area (Å²) in [4.78, 5) is 4.44. The van der Waals surface area contributed by atoms with Crippen molar-refractivity contribution < 1.29 is 5.11 Å². The van der Waals surface area contributed by atoms with E-state index in [1.807, 2.05) is 16.7 Å². The van der Waals surface area contributed by atoms with Crippen molar-refractivity contribution in [2.24, 2.45) is 0 Å². The molecule has 102 valence electrons. The summed E-state index contributed by atoms with van der Waals surface area (Å²) in [5, 5.41) is 9.75. The molecule has 3 aromatic rings. The van der Waals surface area contributed by atoms with Gasteiger partial charge in [0.1, 0.15) is 6.33 Å². The first-order valence-electron chi connectivity index (χ1n) is 6.44. The molecule has 3 rings (SSSR count). The van der Waals surface area contributed by atoms with E-state index in [2.05, 4.69) is 31.0 Å². The first kappa shape index (κ1) is 13.2. The van der Waals surface area contributed by atoms with E-state index in [1.54, 1.807) is 12.4 Å². The lowest BCUT2D eigenvalue weighted by molar-refractivity contribution is 0.282. The average Bonchev–Trinajstić information content (AvgIpc) is 2.82. The Hall–Kier alpha value is -1.84. The first-order chi connectivity index (χ1) is 9.60. The number of fused-ring (bicyclic) bond motifs is 1. The summed E-state index contributed by atoms with van der Waals surface area (Å²) in [6.45, 7) is 4.16. The molecule has 0 fully saturated rings. The van der Waals surface area contributed by atoms with Gasteiger partial charge in [-0.3, -0.25) is 4.57 Å². The van der Waals surface area contributed by atoms with Crippen molar-refractivity contribution in [1.82, 2.24) is 9.55 Å². The maximum atomic E-state index is 9.14. The fourth-order valence-corrected chi connectivity index (χ4v) is 2.59. The van der Waals surface area contributed by atoms with E-state index in [9.17, 15) is 0 Å². The van der Waals surface area contributed by atoms with Crippen molar-refractivity contribution in [2.75, 3.05) is 0 Å². The van der Waals surface area contributed by atoms with Gasteiger partial charge in [-0.05, 0) is 54.8 Å². The highest BCUT2D eigenvalue weighted by atomic mass is 35.5. The Balaban J connectivity index is 2.22. The first-order valence-corrected chi connectivity index (χ1v) is 6.82. The molecular weight excluding hydrogens is 272 g/mol.